The number of anilines is 1. The van der Waals surface area contributed by atoms with E-state index in [0.717, 1.165) is 22.6 Å². The summed E-state index contributed by atoms with van der Waals surface area (Å²) >= 11 is 0. The first-order chi connectivity index (χ1) is 12.8. The van der Waals surface area contributed by atoms with E-state index in [4.69, 9.17) is 9.47 Å². The molecule has 26 heavy (non-hydrogen) atoms. The number of benzene rings is 2. The fourth-order valence-corrected chi connectivity index (χ4v) is 2.39. The van der Waals surface area contributed by atoms with Gasteiger partial charge in [-0.15, -0.1) is 0 Å². The van der Waals surface area contributed by atoms with Gasteiger partial charge >= 0.3 is 0 Å². The minimum absolute atomic E-state index is 0.508. The number of nitrogens with zero attached hydrogens (tertiary/aromatic N) is 2. The van der Waals surface area contributed by atoms with E-state index in [0.29, 0.717) is 18.8 Å². The second kappa shape index (κ2) is 9.22. The van der Waals surface area contributed by atoms with Gasteiger partial charge in [0.15, 0.2) is 11.5 Å². The molecule has 0 saturated heterocycles. The zero-order chi connectivity index (χ0) is 18.0. The average Bonchev–Trinajstić information content (AvgIpc) is 2.71. The van der Waals surface area contributed by atoms with Gasteiger partial charge in [0.05, 0.1) is 12.8 Å². The maximum absolute atomic E-state index is 5.88. The molecule has 5 heteroatoms. The number of ether oxygens (including phenoxy) is 2. The summed E-state index contributed by atoms with van der Waals surface area (Å²) in [6, 6.07) is 19.7. The Balaban J connectivity index is 1.57. The number of pyridine rings is 1. The Labute approximate surface area is 153 Å². The largest absolute Gasteiger partial charge is 0.493 e. The van der Waals surface area contributed by atoms with Crippen molar-refractivity contribution in [1.29, 1.82) is 0 Å². The number of hydrazone groups is 1. The number of rotatable bonds is 8. The van der Waals surface area contributed by atoms with E-state index in [1.54, 1.807) is 19.5 Å². The van der Waals surface area contributed by atoms with Crippen molar-refractivity contribution in [2.24, 2.45) is 5.10 Å². The van der Waals surface area contributed by atoms with Crippen LogP contribution in [0, 0.1) is 0 Å². The van der Waals surface area contributed by atoms with Gasteiger partial charge in [-0.2, -0.15) is 5.10 Å². The Morgan fingerprint density at radius 1 is 0.962 bits per heavy atom. The third-order valence-corrected chi connectivity index (χ3v) is 3.76. The van der Waals surface area contributed by atoms with Crippen LogP contribution in [0.15, 0.2) is 78.2 Å². The maximum atomic E-state index is 5.88. The van der Waals surface area contributed by atoms with Gasteiger partial charge in [-0.25, -0.2) is 0 Å². The normalized spacial score (nSPS) is 10.7. The van der Waals surface area contributed by atoms with Crippen molar-refractivity contribution in [3.05, 3.63) is 84.2 Å². The van der Waals surface area contributed by atoms with Crippen molar-refractivity contribution in [1.82, 2.24) is 4.98 Å². The molecule has 5 nitrogen and oxygen atoms in total. The van der Waals surface area contributed by atoms with E-state index in [-0.39, 0.29) is 0 Å². The number of hydrogen-bond acceptors (Lipinski definition) is 5. The minimum atomic E-state index is 0.508. The molecule has 132 valence electrons. The van der Waals surface area contributed by atoms with Gasteiger partial charge in [0.1, 0.15) is 6.61 Å². The van der Waals surface area contributed by atoms with Gasteiger partial charge in [0, 0.05) is 25.0 Å². The van der Waals surface area contributed by atoms with Gasteiger partial charge in [0.2, 0.25) is 0 Å². The molecule has 0 bridgehead atoms. The molecule has 0 unspecified atom stereocenters. The lowest BCUT2D eigenvalue weighted by atomic mass is 10.1. The van der Waals surface area contributed by atoms with Crippen molar-refractivity contribution in [2.75, 3.05) is 12.5 Å². The van der Waals surface area contributed by atoms with E-state index in [2.05, 4.69) is 15.5 Å². The summed E-state index contributed by atoms with van der Waals surface area (Å²) in [6.45, 7) is 0.508. The fourth-order valence-electron chi connectivity index (χ4n) is 2.39. The predicted molar refractivity (Wildman–Crippen MR) is 104 cm³/mol. The van der Waals surface area contributed by atoms with Gasteiger partial charge < -0.3 is 9.47 Å². The lowest BCUT2D eigenvalue weighted by molar-refractivity contribution is 0.284. The van der Waals surface area contributed by atoms with E-state index in [1.165, 1.54) is 0 Å². The molecule has 1 N–H and O–H groups in total. The molecule has 1 heterocycles. The first-order valence-corrected chi connectivity index (χ1v) is 8.36. The molecule has 0 spiro atoms. The van der Waals surface area contributed by atoms with Crippen LogP contribution in [0.4, 0.5) is 5.69 Å². The smallest absolute Gasteiger partial charge is 0.161 e. The lowest BCUT2D eigenvalue weighted by Crippen LogP contribution is -1.99. The van der Waals surface area contributed by atoms with Gasteiger partial charge in [-0.3, -0.25) is 10.4 Å². The van der Waals surface area contributed by atoms with Crippen LogP contribution >= 0.6 is 0 Å². The van der Waals surface area contributed by atoms with Gasteiger partial charge in [0.25, 0.3) is 0 Å². The van der Waals surface area contributed by atoms with Gasteiger partial charge in [-0.05, 0) is 35.4 Å². The summed E-state index contributed by atoms with van der Waals surface area (Å²) in [5.41, 5.74) is 6.08. The number of hydrogen-bond donors (Lipinski definition) is 1. The molecular weight excluding hydrogens is 326 g/mol. The van der Waals surface area contributed by atoms with E-state index >= 15 is 0 Å². The van der Waals surface area contributed by atoms with Crippen LogP contribution in [0.1, 0.15) is 11.1 Å². The Kier molecular flexibility index (Phi) is 6.20. The second-order valence-electron chi connectivity index (χ2n) is 5.62. The Morgan fingerprint density at radius 2 is 1.77 bits per heavy atom. The Hall–Kier alpha value is -3.34. The molecule has 0 aliphatic heterocycles. The fraction of sp³-hybridized carbons (Fsp3) is 0.143. The van der Waals surface area contributed by atoms with Crippen molar-refractivity contribution in [3.63, 3.8) is 0 Å². The maximum Gasteiger partial charge on any atom is 0.161 e. The highest BCUT2D eigenvalue weighted by molar-refractivity contribution is 5.64. The number of aromatic nitrogens is 1. The summed E-state index contributed by atoms with van der Waals surface area (Å²) in [5, 5.41) is 4.22. The molecule has 3 aromatic rings. The topological polar surface area (TPSA) is 55.7 Å². The van der Waals surface area contributed by atoms with Crippen molar-refractivity contribution < 1.29 is 9.47 Å². The number of nitrogens with one attached hydrogen (secondary N) is 1. The van der Waals surface area contributed by atoms with Crippen LogP contribution in [-0.2, 0) is 13.0 Å². The van der Waals surface area contributed by atoms with Crippen molar-refractivity contribution in [3.8, 4) is 11.5 Å². The van der Waals surface area contributed by atoms with Crippen molar-refractivity contribution >= 4 is 11.9 Å². The summed E-state index contributed by atoms with van der Waals surface area (Å²) in [5.74, 6) is 1.45. The van der Waals surface area contributed by atoms with Crippen LogP contribution in [0.2, 0.25) is 0 Å². The molecule has 0 radical (unpaired) electrons. The quantitative estimate of drug-likeness (QED) is 0.487. The molecular formula is C21H21N3O2. The summed E-state index contributed by atoms with van der Waals surface area (Å²) in [4.78, 5) is 3.97. The highest BCUT2D eigenvalue weighted by Crippen LogP contribution is 2.28. The SMILES string of the molecule is COc1cc(C/C=N/Nc2ccncc2)ccc1OCc1ccccc1. The van der Waals surface area contributed by atoms with Crippen LogP contribution in [0.25, 0.3) is 0 Å². The van der Waals surface area contributed by atoms with Crippen LogP contribution < -0.4 is 14.9 Å². The van der Waals surface area contributed by atoms with Crippen LogP contribution in [0.3, 0.4) is 0 Å². The van der Waals surface area contributed by atoms with E-state index < -0.39 is 0 Å². The standard InChI is InChI=1S/C21H21N3O2/c1-25-21-15-17(9-14-23-24-19-10-12-22-13-11-19)7-8-20(21)26-16-18-5-3-2-4-6-18/h2-8,10-15H,9,16H2,1H3,(H,22,24)/b23-14+. The van der Waals surface area contributed by atoms with E-state index in [1.807, 2.05) is 66.9 Å². The third-order valence-electron chi connectivity index (χ3n) is 3.76. The predicted octanol–water partition coefficient (Wildman–Crippen LogP) is 4.31. The molecule has 0 aliphatic carbocycles. The van der Waals surface area contributed by atoms with Crippen LogP contribution in [-0.4, -0.2) is 18.3 Å². The lowest BCUT2D eigenvalue weighted by Gasteiger charge is -2.12. The monoisotopic (exact) mass is 347 g/mol. The summed E-state index contributed by atoms with van der Waals surface area (Å²) in [7, 11) is 1.65. The molecule has 3 rings (SSSR count). The highest BCUT2D eigenvalue weighted by Gasteiger charge is 2.06. The highest BCUT2D eigenvalue weighted by atomic mass is 16.5. The minimum Gasteiger partial charge on any atom is -0.493 e. The van der Waals surface area contributed by atoms with E-state index in [9.17, 15) is 0 Å². The molecule has 0 amide bonds. The van der Waals surface area contributed by atoms with Crippen molar-refractivity contribution in [2.45, 2.75) is 13.0 Å². The average molecular weight is 347 g/mol. The van der Waals surface area contributed by atoms with Gasteiger partial charge in [-0.1, -0.05) is 36.4 Å². The molecule has 2 aromatic carbocycles. The molecule has 0 atom stereocenters. The first-order valence-electron chi connectivity index (χ1n) is 8.36. The molecule has 1 aromatic heterocycles. The second-order valence-corrected chi connectivity index (χ2v) is 5.62. The first kappa shape index (κ1) is 17.5. The zero-order valence-corrected chi connectivity index (χ0v) is 14.6. The summed E-state index contributed by atoms with van der Waals surface area (Å²) in [6.07, 6.45) is 5.95. The summed E-state index contributed by atoms with van der Waals surface area (Å²) < 4.78 is 11.3. The Morgan fingerprint density at radius 3 is 2.54 bits per heavy atom. The molecule has 0 fully saturated rings. The Bertz CT molecular complexity index is 836. The molecule has 0 aliphatic rings. The number of methoxy groups -OCH3 is 1. The third kappa shape index (κ3) is 5.08. The zero-order valence-electron chi connectivity index (χ0n) is 14.6. The van der Waals surface area contributed by atoms with Crippen LogP contribution in [0.5, 0.6) is 11.5 Å². The molecule has 0 saturated carbocycles.